The SMILES string of the molecule is C[C@@H](OCc1ccc(CCCOCCO)cc1)[C@H](CCC(N)O)NC(=O)OC(C)(C)C. The van der Waals surface area contributed by atoms with Crippen LogP contribution in [0, 0.1) is 0 Å². The number of hydrogen-bond donors (Lipinski definition) is 4. The van der Waals surface area contributed by atoms with Gasteiger partial charge >= 0.3 is 6.09 Å². The zero-order valence-corrected chi connectivity index (χ0v) is 19.3. The first-order valence-electron chi connectivity index (χ1n) is 10.9. The lowest BCUT2D eigenvalue weighted by Gasteiger charge is -2.28. The van der Waals surface area contributed by atoms with Crippen LogP contribution in [-0.2, 0) is 27.2 Å². The van der Waals surface area contributed by atoms with Gasteiger partial charge in [-0.15, -0.1) is 0 Å². The number of benzene rings is 1. The Balaban J connectivity index is 2.53. The third-order valence-corrected chi connectivity index (χ3v) is 4.57. The summed E-state index contributed by atoms with van der Waals surface area (Å²) >= 11 is 0. The number of carbonyl (C=O) groups is 1. The van der Waals surface area contributed by atoms with Gasteiger partial charge in [0.2, 0.25) is 0 Å². The summed E-state index contributed by atoms with van der Waals surface area (Å²) in [4.78, 5) is 12.2. The molecule has 0 saturated heterocycles. The van der Waals surface area contributed by atoms with Gasteiger partial charge in [0.25, 0.3) is 0 Å². The Labute approximate surface area is 186 Å². The minimum absolute atomic E-state index is 0.0497. The highest BCUT2D eigenvalue weighted by Crippen LogP contribution is 2.14. The van der Waals surface area contributed by atoms with E-state index in [1.165, 1.54) is 5.56 Å². The second-order valence-electron chi connectivity index (χ2n) is 8.67. The second-order valence-corrected chi connectivity index (χ2v) is 8.67. The monoisotopic (exact) mass is 440 g/mol. The highest BCUT2D eigenvalue weighted by atomic mass is 16.6. The van der Waals surface area contributed by atoms with Crippen molar-refractivity contribution in [2.75, 3.05) is 19.8 Å². The van der Waals surface area contributed by atoms with E-state index in [4.69, 9.17) is 25.1 Å². The van der Waals surface area contributed by atoms with Crippen molar-refractivity contribution in [1.29, 1.82) is 0 Å². The van der Waals surface area contributed by atoms with Gasteiger partial charge in [-0.05, 0) is 64.5 Å². The van der Waals surface area contributed by atoms with Crippen LogP contribution in [0.4, 0.5) is 4.79 Å². The molecule has 0 radical (unpaired) electrons. The number of carbonyl (C=O) groups excluding carboxylic acids is 1. The van der Waals surface area contributed by atoms with E-state index in [9.17, 15) is 9.90 Å². The quantitative estimate of drug-likeness (QED) is 0.259. The molecule has 3 atom stereocenters. The number of aryl methyl sites for hydroxylation is 1. The Morgan fingerprint density at radius 2 is 1.77 bits per heavy atom. The van der Waals surface area contributed by atoms with Crippen molar-refractivity contribution in [2.24, 2.45) is 5.73 Å². The van der Waals surface area contributed by atoms with Gasteiger partial charge in [0.15, 0.2) is 0 Å². The van der Waals surface area contributed by atoms with Crippen molar-refractivity contribution in [3.05, 3.63) is 35.4 Å². The van der Waals surface area contributed by atoms with Crippen LogP contribution in [0.5, 0.6) is 0 Å². The number of alkyl carbamates (subject to hydrolysis) is 1. The summed E-state index contributed by atoms with van der Waals surface area (Å²) in [6.07, 6.45) is 0.850. The van der Waals surface area contributed by atoms with Crippen LogP contribution in [0.2, 0.25) is 0 Å². The topological polar surface area (TPSA) is 123 Å². The molecule has 5 N–H and O–H groups in total. The molecule has 0 saturated carbocycles. The minimum atomic E-state index is -0.947. The first-order chi connectivity index (χ1) is 14.6. The molecule has 0 spiro atoms. The van der Waals surface area contributed by atoms with Crippen molar-refractivity contribution in [3.63, 3.8) is 0 Å². The third-order valence-electron chi connectivity index (χ3n) is 4.57. The number of nitrogens with two attached hydrogens (primary N) is 1. The lowest BCUT2D eigenvalue weighted by Crippen LogP contribution is -2.46. The average molecular weight is 441 g/mol. The number of aliphatic hydroxyl groups is 2. The zero-order valence-electron chi connectivity index (χ0n) is 19.3. The molecule has 0 aliphatic heterocycles. The van der Waals surface area contributed by atoms with E-state index >= 15 is 0 Å². The maximum Gasteiger partial charge on any atom is 0.407 e. The summed E-state index contributed by atoms with van der Waals surface area (Å²) < 4.78 is 16.6. The number of amides is 1. The van der Waals surface area contributed by atoms with Gasteiger partial charge in [-0.1, -0.05) is 24.3 Å². The van der Waals surface area contributed by atoms with Crippen LogP contribution in [-0.4, -0.2) is 60.1 Å². The van der Waals surface area contributed by atoms with Gasteiger partial charge in [-0.3, -0.25) is 0 Å². The summed E-state index contributed by atoms with van der Waals surface area (Å²) in [5.74, 6) is 0. The van der Waals surface area contributed by atoms with Crippen molar-refractivity contribution in [1.82, 2.24) is 5.32 Å². The molecule has 1 amide bonds. The molecule has 0 aromatic heterocycles. The molecule has 8 nitrogen and oxygen atoms in total. The van der Waals surface area contributed by atoms with Crippen molar-refractivity contribution in [2.45, 2.75) is 84.0 Å². The summed E-state index contributed by atoms with van der Waals surface area (Å²) in [7, 11) is 0. The van der Waals surface area contributed by atoms with Gasteiger partial charge in [0.05, 0.1) is 32.0 Å². The Hall–Kier alpha value is -1.71. The van der Waals surface area contributed by atoms with Crippen LogP contribution in [0.15, 0.2) is 24.3 Å². The van der Waals surface area contributed by atoms with E-state index in [2.05, 4.69) is 17.4 Å². The van der Waals surface area contributed by atoms with Crippen LogP contribution in [0.1, 0.15) is 58.1 Å². The summed E-state index contributed by atoms with van der Waals surface area (Å²) in [5.41, 5.74) is 7.11. The Morgan fingerprint density at radius 1 is 1.13 bits per heavy atom. The van der Waals surface area contributed by atoms with Gasteiger partial charge in [-0.25, -0.2) is 4.79 Å². The summed E-state index contributed by atoms with van der Waals surface area (Å²) in [6, 6.07) is 7.84. The number of nitrogens with one attached hydrogen (secondary N) is 1. The Morgan fingerprint density at radius 3 is 2.35 bits per heavy atom. The predicted molar refractivity (Wildman–Crippen MR) is 120 cm³/mol. The van der Waals surface area contributed by atoms with Crippen molar-refractivity contribution >= 4 is 6.09 Å². The third kappa shape index (κ3) is 13.3. The largest absolute Gasteiger partial charge is 0.444 e. The van der Waals surface area contributed by atoms with Crippen LogP contribution >= 0.6 is 0 Å². The van der Waals surface area contributed by atoms with E-state index in [0.29, 0.717) is 32.7 Å². The van der Waals surface area contributed by atoms with E-state index in [-0.39, 0.29) is 18.8 Å². The predicted octanol–water partition coefficient (Wildman–Crippen LogP) is 2.48. The molecule has 0 aliphatic carbocycles. The van der Waals surface area contributed by atoms with Crippen LogP contribution in [0.25, 0.3) is 0 Å². The molecule has 1 aromatic carbocycles. The molecule has 8 heteroatoms. The smallest absolute Gasteiger partial charge is 0.407 e. The first-order valence-corrected chi connectivity index (χ1v) is 10.9. The van der Waals surface area contributed by atoms with E-state index in [1.54, 1.807) is 20.8 Å². The molecule has 178 valence electrons. The average Bonchev–Trinajstić information content (AvgIpc) is 2.68. The van der Waals surface area contributed by atoms with Crippen LogP contribution in [0.3, 0.4) is 0 Å². The van der Waals surface area contributed by atoms with Gasteiger partial charge in [0.1, 0.15) is 11.8 Å². The molecule has 0 bridgehead atoms. The Bertz CT molecular complexity index is 615. The number of rotatable bonds is 14. The normalized spacial score (nSPS) is 14.7. The molecule has 0 heterocycles. The standard InChI is InChI=1S/C23H40N2O6/c1-17(20(11-12-21(24)27)25-22(28)31-23(2,3)4)30-16-19-9-7-18(8-10-19)6-5-14-29-15-13-26/h7-10,17,20-21,26-27H,5-6,11-16,24H2,1-4H3,(H,25,28)/t17-,20+,21?/m1/s1. The van der Waals surface area contributed by atoms with E-state index in [0.717, 1.165) is 18.4 Å². The van der Waals surface area contributed by atoms with Gasteiger partial charge in [0, 0.05) is 6.61 Å². The van der Waals surface area contributed by atoms with Gasteiger partial charge < -0.3 is 35.5 Å². The summed E-state index contributed by atoms with van der Waals surface area (Å²) in [6.45, 7) is 8.75. The fourth-order valence-corrected chi connectivity index (χ4v) is 2.92. The zero-order chi connectivity index (χ0) is 23.3. The highest BCUT2D eigenvalue weighted by Gasteiger charge is 2.24. The van der Waals surface area contributed by atoms with Crippen LogP contribution < -0.4 is 11.1 Å². The minimum Gasteiger partial charge on any atom is -0.444 e. The highest BCUT2D eigenvalue weighted by molar-refractivity contribution is 5.68. The second kappa shape index (κ2) is 14.4. The molecule has 1 unspecified atom stereocenters. The van der Waals surface area contributed by atoms with Crippen molar-refractivity contribution < 1.29 is 29.2 Å². The molecule has 1 rings (SSSR count). The Kier molecular flexibility index (Phi) is 12.7. The molecular formula is C23H40N2O6. The molecule has 0 fully saturated rings. The molecule has 31 heavy (non-hydrogen) atoms. The summed E-state index contributed by atoms with van der Waals surface area (Å²) in [5, 5.41) is 20.9. The van der Waals surface area contributed by atoms with E-state index < -0.39 is 17.9 Å². The fourth-order valence-electron chi connectivity index (χ4n) is 2.92. The number of aliphatic hydroxyl groups excluding tert-OH is 2. The lowest BCUT2D eigenvalue weighted by atomic mass is 10.1. The van der Waals surface area contributed by atoms with E-state index in [1.807, 2.05) is 19.1 Å². The fraction of sp³-hybridized carbons (Fsp3) is 0.696. The molecule has 0 aliphatic rings. The van der Waals surface area contributed by atoms with Gasteiger partial charge in [-0.2, -0.15) is 0 Å². The number of ether oxygens (including phenoxy) is 3. The van der Waals surface area contributed by atoms with Crippen molar-refractivity contribution in [3.8, 4) is 0 Å². The maximum absolute atomic E-state index is 12.2. The molecular weight excluding hydrogens is 400 g/mol. The lowest BCUT2D eigenvalue weighted by molar-refractivity contribution is 0.00999. The number of hydrogen-bond acceptors (Lipinski definition) is 7. The first kappa shape index (κ1) is 27.3. The maximum atomic E-state index is 12.2. The molecule has 1 aromatic rings.